The fraction of sp³-hybridized carbons (Fsp3) is 0.889. The highest BCUT2D eigenvalue weighted by Gasteiger charge is 2.31. The number of hydrogen-bond acceptors (Lipinski definition) is 1. The lowest BCUT2D eigenvalue weighted by Crippen LogP contribution is -2.39. The highest BCUT2D eigenvalue weighted by atomic mass is 16.2. The summed E-state index contributed by atoms with van der Waals surface area (Å²) < 4.78 is 0. The van der Waals surface area contributed by atoms with E-state index in [2.05, 4.69) is 24.5 Å². The molecule has 3 nitrogen and oxygen atoms in total. The van der Waals surface area contributed by atoms with Crippen LogP contribution < -0.4 is 10.6 Å². The molecule has 70 valence electrons. The van der Waals surface area contributed by atoms with E-state index in [-0.39, 0.29) is 6.03 Å². The summed E-state index contributed by atoms with van der Waals surface area (Å²) in [7, 11) is 1.65. The Bertz CT molecular complexity index is 177. The lowest BCUT2D eigenvalue weighted by molar-refractivity contribution is 0.238. The molecule has 3 heteroatoms. The summed E-state index contributed by atoms with van der Waals surface area (Å²) >= 11 is 0. The molecule has 2 amide bonds. The first-order chi connectivity index (χ1) is 5.53. The van der Waals surface area contributed by atoms with Crippen LogP contribution in [0.1, 0.15) is 33.1 Å². The summed E-state index contributed by atoms with van der Waals surface area (Å²) in [4.78, 5) is 11.0. The third-order valence-corrected chi connectivity index (χ3v) is 2.53. The number of nitrogens with one attached hydrogen (secondary N) is 2. The molecule has 0 saturated heterocycles. The Balaban J connectivity index is 2.33. The van der Waals surface area contributed by atoms with Gasteiger partial charge < -0.3 is 10.6 Å². The van der Waals surface area contributed by atoms with Gasteiger partial charge in [0.1, 0.15) is 0 Å². The van der Waals surface area contributed by atoms with Crippen LogP contribution in [0.5, 0.6) is 0 Å². The van der Waals surface area contributed by atoms with E-state index >= 15 is 0 Å². The standard InChI is InChI=1S/C9H18N2O/c1-9(2)5-4-7(6-9)11-8(12)10-3/h7H,4-6H2,1-3H3,(H2,10,11,12). The molecular formula is C9H18N2O. The second kappa shape index (κ2) is 3.33. The van der Waals surface area contributed by atoms with E-state index in [1.54, 1.807) is 7.05 Å². The van der Waals surface area contributed by atoms with Gasteiger partial charge in [-0.05, 0) is 24.7 Å². The van der Waals surface area contributed by atoms with E-state index in [0.717, 1.165) is 12.8 Å². The predicted octanol–water partition coefficient (Wildman–Crippen LogP) is 1.49. The molecule has 12 heavy (non-hydrogen) atoms. The normalized spacial score (nSPS) is 26.8. The molecule has 1 rings (SSSR count). The van der Waals surface area contributed by atoms with Gasteiger partial charge in [0.05, 0.1) is 0 Å². The minimum Gasteiger partial charge on any atom is -0.341 e. The Morgan fingerprint density at radius 1 is 1.50 bits per heavy atom. The zero-order valence-electron chi connectivity index (χ0n) is 8.11. The van der Waals surface area contributed by atoms with Crippen molar-refractivity contribution in [2.75, 3.05) is 7.05 Å². The molecule has 0 aromatic rings. The highest BCUT2D eigenvalue weighted by Crippen LogP contribution is 2.36. The Morgan fingerprint density at radius 2 is 2.17 bits per heavy atom. The summed E-state index contributed by atoms with van der Waals surface area (Å²) in [6.07, 6.45) is 3.42. The van der Waals surface area contributed by atoms with Gasteiger partial charge in [-0.15, -0.1) is 0 Å². The lowest BCUT2D eigenvalue weighted by atomic mass is 9.92. The molecule has 1 saturated carbocycles. The van der Waals surface area contributed by atoms with Gasteiger partial charge in [0.2, 0.25) is 0 Å². The molecule has 0 aliphatic heterocycles. The minimum atomic E-state index is -0.0577. The van der Waals surface area contributed by atoms with Crippen LogP contribution in [0.25, 0.3) is 0 Å². The summed E-state index contributed by atoms with van der Waals surface area (Å²) in [5.41, 5.74) is 0.408. The van der Waals surface area contributed by atoms with Crippen molar-refractivity contribution in [2.24, 2.45) is 5.41 Å². The Hall–Kier alpha value is -0.730. The molecule has 1 aliphatic rings. The molecule has 0 heterocycles. The van der Waals surface area contributed by atoms with Crippen molar-refractivity contribution >= 4 is 6.03 Å². The maximum atomic E-state index is 11.0. The molecule has 0 aromatic carbocycles. The van der Waals surface area contributed by atoms with Crippen molar-refractivity contribution in [3.63, 3.8) is 0 Å². The first kappa shape index (κ1) is 9.36. The zero-order chi connectivity index (χ0) is 9.19. The van der Waals surface area contributed by atoms with Gasteiger partial charge in [-0.25, -0.2) is 4.79 Å². The van der Waals surface area contributed by atoms with Gasteiger partial charge in [-0.3, -0.25) is 0 Å². The van der Waals surface area contributed by atoms with Crippen molar-refractivity contribution in [3.05, 3.63) is 0 Å². The van der Waals surface area contributed by atoms with E-state index in [0.29, 0.717) is 11.5 Å². The van der Waals surface area contributed by atoms with Crippen molar-refractivity contribution in [1.29, 1.82) is 0 Å². The number of carbonyl (C=O) groups is 1. The van der Waals surface area contributed by atoms with E-state index in [1.807, 2.05) is 0 Å². The second-order valence-electron chi connectivity index (χ2n) is 4.33. The summed E-state index contributed by atoms with van der Waals surface area (Å²) in [6.45, 7) is 4.50. The van der Waals surface area contributed by atoms with Gasteiger partial charge in [0, 0.05) is 13.1 Å². The Labute approximate surface area is 73.9 Å². The molecule has 1 fully saturated rings. The third kappa shape index (κ3) is 2.40. The topological polar surface area (TPSA) is 41.1 Å². The van der Waals surface area contributed by atoms with Crippen LogP contribution in [-0.4, -0.2) is 19.1 Å². The van der Waals surface area contributed by atoms with Gasteiger partial charge in [-0.2, -0.15) is 0 Å². The van der Waals surface area contributed by atoms with Crippen molar-refractivity contribution < 1.29 is 4.79 Å². The third-order valence-electron chi connectivity index (χ3n) is 2.53. The molecule has 0 radical (unpaired) electrons. The van der Waals surface area contributed by atoms with Crippen molar-refractivity contribution in [2.45, 2.75) is 39.2 Å². The molecule has 2 N–H and O–H groups in total. The molecule has 1 atom stereocenters. The van der Waals surface area contributed by atoms with Crippen LogP contribution in [0, 0.1) is 5.41 Å². The first-order valence-electron chi connectivity index (χ1n) is 4.52. The van der Waals surface area contributed by atoms with Crippen LogP contribution in [0.15, 0.2) is 0 Å². The van der Waals surface area contributed by atoms with Crippen LogP contribution in [0.3, 0.4) is 0 Å². The van der Waals surface area contributed by atoms with Crippen LogP contribution in [0.4, 0.5) is 4.79 Å². The number of rotatable bonds is 1. The van der Waals surface area contributed by atoms with Crippen molar-refractivity contribution in [1.82, 2.24) is 10.6 Å². The Morgan fingerprint density at radius 3 is 2.58 bits per heavy atom. The zero-order valence-corrected chi connectivity index (χ0v) is 8.11. The van der Waals surface area contributed by atoms with Crippen LogP contribution in [-0.2, 0) is 0 Å². The predicted molar refractivity (Wildman–Crippen MR) is 49.0 cm³/mol. The lowest BCUT2D eigenvalue weighted by Gasteiger charge is -2.17. The van der Waals surface area contributed by atoms with Crippen LogP contribution >= 0.6 is 0 Å². The maximum absolute atomic E-state index is 11.0. The van der Waals surface area contributed by atoms with Gasteiger partial charge in [0.25, 0.3) is 0 Å². The molecule has 0 spiro atoms. The fourth-order valence-corrected chi connectivity index (χ4v) is 1.82. The van der Waals surface area contributed by atoms with Gasteiger partial charge in [-0.1, -0.05) is 13.8 Å². The minimum absolute atomic E-state index is 0.0577. The molecular weight excluding hydrogens is 152 g/mol. The summed E-state index contributed by atoms with van der Waals surface area (Å²) in [6, 6.07) is 0.317. The summed E-state index contributed by atoms with van der Waals surface area (Å²) in [5.74, 6) is 0. The maximum Gasteiger partial charge on any atom is 0.314 e. The molecule has 0 bridgehead atoms. The number of amides is 2. The number of urea groups is 1. The van der Waals surface area contributed by atoms with Gasteiger partial charge in [0.15, 0.2) is 0 Å². The van der Waals surface area contributed by atoms with E-state index < -0.39 is 0 Å². The average Bonchev–Trinajstić information content (AvgIpc) is 2.30. The van der Waals surface area contributed by atoms with E-state index in [1.165, 1.54) is 6.42 Å². The van der Waals surface area contributed by atoms with Gasteiger partial charge >= 0.3 is 6.03 Å². The van der Waals surface area contributed by atoms with E-state index in [9.17, 15) is 4.79 Å². The summed E-state index contributed by atoms with van der Waals surface area (Å²) in [5, 5.41) is 5.50. The first-order valence-corrected chi connectivity index (χ1v) is 4.52. The average molecular weight is 170 g/mol. The van der Waals surface area contributed by atoms with Crippen LogP contribution in [0.2, 0.25) is 0 Å². The van der Waals surface area contributed by atoms with E-state index in [4.69, 9.17) is 0 Å². The quantitative estimate of drug-likeness (QED) is 0.615. The smallest absolute Gasteiger partial charge is 0.314 e. The number of carbonyl (C=O) groups excluding carboxylic acids is 1. The highest BCUT2D eigenvalue weighted by molar-refractivity contribution is 5.73. The number of hydrogen-bond donors (Lipinski definition) is 2. The molecule has 0 aromatic heterocycles. The fourth-order valence-electron chi connectivity index (χ4n) is 1.82. The monoisotopic (exact) mass is 170 g/mol. The molecule has 1 unspecified atom stereocenters. The second-order valence-corrected chi connectivity index (χ2v) is 4.33. The largest absolute Gasteiger partial charge is 0.341 e. The van der Waals surface area contributed by atoms with Crippen molar-refractivity contribution in [3.8, 4) is 0 Å². The molecule has 1 aliphatic carbocycles. The Kier molecular flexibility index (Phi) is 2.60. The SMILES string of the molecule is CNC(=O)NC1CCC(C)(C)C1.